The second kappa shape index (κ2) is 9.65. The number of fused-ring (bicyclic) bond motifs is 1. The van der Waals surface area contributed by atoms with Gasteiger partial charge < -0.3 is 25.3 Å². The van der Waals surface area contributed by atoms with Crippen LogP contribution in [0.2, 0.25) is 0 Å². The van der Waals surface area contributed by atoms with E-state index in [4.69, 9.17) is 15.6 Å². The molecule has 1 aromatic heterocycles. The fraction of sp³-hybridized carbons (Fsp3) is 0.333. The molecule has 1 aliphatic heterocycles. The number of hydroxylamine groups is 2. The Morgan fingerprint density at radius 1 is 1.42 bits per heavy atom. The number of aliphatic hydroxyl groups is 1. The van der Waals surface area contributed by atoms with Crippen molar-refractivity contribution in [1.82, 2.24) is 14.9 Å². The number of nitrogens with one attached hydrogen (secondary N) is 3. The van der Waals surface area contributed by atoms with Gasteiger partial charge in [0.1, 0.15) is 17.3 Å². The van der Waals surface area contributed by atoms with Crippen LogP contribution in [0.15, 0.2) is 30.3 Å². The molecule has 2 aromatic rings. The number of anilines is 1. The molecule has 0 saturated carbocycles. The number of pyridine rings is 1. The van der Waals surface area contributed by atoms with Gasteiger partial charge in [-0.1, -0.05) is 6.07 Å². The van der Waals surface area contributed by atoms with Crippen LogP contribution >= 0.6 is 0 Å². The SMILES string of the molecule is COc1cc2c(cc1C(=O)Nc1cccc(C(=N)N(C=N)C(C)CO)n1)CN(O)CC2. The first-order chi connectivity index (χ1) is 14.9. The number of ether oxygens (including phenoxy) is 1. The first-order valence-electron chi connectivity index (χ1n) is 9.78. The van der Waals surface area contributed by atoms with Crippen LogP contribution in [-0.4, -0.2) is 69.6 Å². The first-order valence-corrected chi connectivity index (χ1v) is 9.78. The third-order valence-corrected chi connectivity index (χ3v) is 5.13. The van der Waals surface area contributed by atoms with Crippen molar-refractivity contribution in [2.45, 2.75) is 25.9 Å². The summed E-state index contributed by atoms with van der Waals surface area (Å²) in [7, 11) is 1.49. The number of amides is 1. The largest absolute Gasteiger partial charge is 0.496 e. The van der Waals surface area contributed by atoms with Gasteiger partial charge in [0.25, 0.3) is 5.91 Å². The molecular weight excluding hydrogens is 400 g/mol. The van der Waals surface area contributed by atoms with Crippen molar-refractivity contribution in [1.29, 1.82) is 10.8 Å². The average molecular weight is 426 g/mol. The van der Waals surface area contributed by atoms with Crippen molar-refractivity contribution >= 4 is 23.9 Å². The first kappa shape index (κ1) is 22.3. The van der Waals surface area contributed by atoms with Gasteiger partial charge in [-0.25, -0.2) is 4.98 Å². The lowest BCUT2D eigenvalue weighted by atomic mass is 9.97. The van der Waals surface area contributed by atoms with Crippen molar-refractivity contribution in [3.8, 4) is 5.75 Å². The topological polar surface area (TPSA) is 146 Å². The monoisotopic (exact) mass is 426 g/mol. The van der Waals surface area contributed by atoms with Crippen molar-refractivity contribution in [2.24, 2.45) is 0 Å². The zero-order chi connectivity index (χ0) is 22.5. The van der Waals surface area contributed by atoms with Crippen molar-refractivity contribution in [3.05, 3.63) is 52.7 Å². The summed E-state index contributed by atoms with van der Waals surface area (Å²) in [4.78, 5) is 18.5. The highest BCUT2D eigenvalue weighted by atomic mass is 16.5. The summed E-state index contributed by atoms with van der Waals surface area (Å²) in [5.74, 6) is 0.163. The highest BCUT2D eigenvalue weighted by Crippen LogP contribution is 2.28. The van der Waals surface area contributed by atoms with E-state index in [1.165, 1.54) is 17.1 Å². The molecule has 31 heavy (non-hydrogen) atoms. The van der Waals surface area contributed by atoms with Crippen LogP contribution < -0.4 is 10.1 Å². The van der Waals surface area contributed by atoms with Crippen LogP contribution in [0, 0.1) is 10.8 Å². The van der Waals surface area contributed by atoms with Gasteiger partial charge in [0.05, 0.1) is 31.7 Å². The van der Waals surface area contributed by atoms with Gasteiger partial charge in [0, 0.05) is 13.1 Å². The minimum absolute atomic E-state index is 0.0675. The summed E-state index contributed by atoms with van der Waals surface area (Å²) in [5.41, 5.74) is 2.43. The Balaban J connectivity index is 1.84. The molecule has 0 fully saturated rings. The molecule has 10 heteroatoms. The predicted octanol–water partition coefficient (Wildman–Crippen LogP) is 1.71. The molecule has 1 atom stereocenters. The summed E-state index contributed by atoms with van der Waals surface area (Å²) < 4.78 is 5.40. The summed E-state index contributed by atoms with van der Waals surface area (Å²) in [6.07, 6.45) is 1.62. The molecule has 164 valence electrons. The number of amidine groups is 1. The molecule has 0 radical (unpaired) electrons. The molecule has 5 N–H and O–H groups in total. The molecule has 0 aliphatic carbocycles. The van der Waals surface area contributed by atoms with Crippen molar-refractivity contribution in [2.75, 3.05) is 25.6 Å². The predicted molar refractivity (Wildman–Crippen MR) is 115 cm³/mol. The molecule has 1 unspecified atom stereocenters. The fourth-order valence-electron chi connectivity index (χ4n) is 3.37. The van der Waals surface area contributed by atoms with Gasteiger partial charge in [0.2, 0.25) is 0 Å². The number of hydrogen-bond acceptors (Lipinski definition) is 8. The van der Waals surface area contributed by atoms with Gasteiger partial charge in [-0.2, -0.15) is 5.06 Å². The Bertz CT molecular complexity index is 996. The van der Waals surface area contributed by atoms with Gasteiger partial charge in [0.15, 0.2) is 5.84 Å². The van der Waals surface area contributed by atoms with Gasteiger partial charge in [-0.05, 0) is 48.7 Å². The lowest BCUT2D eigenvalue weighted by Crippen LogP contribution is -2.39. The van der Waals surface area contributed by atoms with Crippen LogP contribution in [-0.2, 0) is 13.0 Å². The number of methoxy groups -OCH3 is 1. The van der Waals surface area contributed by atoms with E-state index in [2.05, 4.69) is 10.3 Å². The molecular formula is C21H26N6O4. The Kier molecular flexibility index (Phi) is 6.95. The van der Waals surface area contributed by atoms with E-state index in [1.807, 2.05) is 6.07 Å². The second-order valence-corrected chi connectivity index (χ2v) is 7.24. The van der Waals surface area contributed by atoms with Gasteiger partial charge in [-0.15, -0.1) is 0 Å². The highest BCUT2D eigenvalue weighted by Gasteiger charge is 2.22. The molecule has 0 saturated heterocycles. The second-order valence-electron chi connectivity index (χ2n) is 7.24. The third kappa shape index (κ3) is 4.88. The molecule has 3 rings (SSSR count). The fourth-order valence-corrected chi connectivity index (χ4v) is 3.37. The van der Waals surface area contributed by atoms with Crippen molar-refractivity contribution < 1.29 is 19.8 Å². The highest BCUT2D eigenvalue weighted by molar-refractivity contribution is 6.06. The minimum Gasteiger partial charge on any atom is -0.496 e. The minimum atomic E-state index is -0.462. The van der Waals surface area contributed by atoms with Crippen molar-refractivity contribution in [3.63, 3.8) is 0 Å². The zero-order valence-electron chi connectivity index (χ0n) is 17.4. The molecule has 1 aliphatic rings. The maximum absolute atomic E-state index is 12.9. The number of hydrogen-bond donors (Lipinski definition) is 5. The molecule has 10 nitrogen and oxygen atoms in total. The third-order valence-electron chi connectivity index (χ3n) is 5.13. The van der Waals surface area contributed by atoms with Crippen LogP contribution in [0.1, 0.15) is 34.1 Å². The number of aliphatic hydroxyl groups excluding tert-OH is 1. The van der Waals surface area contributed by atoms with E-state index in [-0.39, 0.29) is 24.0 Å². The molecule has 0 spiro atoms. The number of rotatable bonds is 7. The van der Waals surface area contributed by atoms with E-state index in [1.54, 1.807) is 31.2 Å². The molecule has 1 amide bonds. The summed E-state index contributed by atoms with van der Waals surface area (Å²) >= 11 is 0. The maximum Gasteiger partial charge on any atom is 0.260 e. The zero-order valence-corrected chi connectivity index (χ0v) is 17.4. The van der Waals surface area contributed by atoms with E-state index < -0.39 is 11.9 Å². The number of benzene rings is 1. The van der Waals surface area contributed by atoms with Gasteiger partial charge >= 0.3 is 0 Å². The van der Waals surface area contributed by atoms with Crippen LogP contribution in [0.3, 0.4) is 0 Å². The summed E-state index contributed by atoms with van der Waals surface area (Å²) in [6, 6.07) is 7.89. The Morgan fingerprint density at radius 2 is 2.19 bits per heavy atom. The van der Waals surface area contributed by atoms with E-state index in [9.17, 15) is 15.1 Å². The summed E-state index contributed by atoms with van der Waals surface area (Å²) in [5, 5.41) is 38.8. The Hall–Kier alpha value is -3.34. The quantitative estimate of drug-likeness (QED) is 0.335. The van der Waals surface area contributed by atoms with E-state index in [0.717, 1.165) is 17.5 Å². The molecule has 2 heterocycles. The number of carbonyl (C=O) groups is 1. The summed E-state index contributed by atoms with van der Waals surface area (Å²) in [6.45, 7) is 2.30. The standard InChI is InChI=1S/C21H26N6O4/c1-13(11-28)27(12-22)20(23)17-4-3-5-19(24-17)25-21(29)16-8-15-10-26(30)7-6-14(15)9-18(16)31-2/h3-5,8-9,12-13,22-23,28,30H,6-7,10-11H2,1-2H3,(H,24,25,29). The molecule has 1 aromatic carbocycles. The maximum atomic E-state index is 12.9. The smallest absolute Gasteiger partial charge is 0.260 e. The lowest BCUT2D eigenvalue weighted by molar-refractivity contribution is -0.103. The lowest BCUT2D eigenvalue weighted by Gasteiger charge is -2.25. The normalized spacial score (nSPS) is 14.3. The number of nitrogens with zero attached hydrogens (tertiary/aromatic N) is 3. The van der Waals surface area contributed by atoms with Crippen LogP contribution in [0.4, 0.5) is 5.82 Å². The van der Waals surface area contributed by atoms with E-state index >= 15 is 0 Å². The number of carbonyl (C=O) groups excluding carboxylic acids is 1. The Labute approximate surface area is 180 Å². The van der Waals surface area contributed by atoms with Crippen LogP contribution in [0.5, 0.6) is 5.75 Å². The van der Waals surface area contributed by atoms with Crippen LogP contribution in [0.25, 0.3) is 0 Å². The van der Waals surface area contributed by atoms with Gasteiger partial charge in [-0.3, -0.25) is 15.6 Å². The van der Waals surface area contributed by atoms with E-state index in [0.29, 0.717) is 30.8 Å². The average Bonchev–Trinajstić information content (AvgIpc) is 2.78. The Morgan fingerprint density at radius 3 is 2.87 bits per heavy atom. The molecule has 0 bridgehead atoms. The number of aromatic nitrogens is 1.